The number of fused-ring (bicyclic) bond motifs is 1. The van der Waals surface area contributed by atoms with Crippen LogP contribution < -0.4 is 4.74 Å². The van der Waals surface area contributed by atoms with Gasteiger partial charge in [0.15, 0.2) is 0 Å². The van der Waals surface area contributed by atoms with E-state index in [1.807, 2.05) is 24.3 Å². The number of likely N-dealkylation sites (tertiary alicyclic amines) is 1. The highest BCUT2D eigenvalue weighted by Crippen LogP contribution is 2.34. The van der Waals surface area contributed by atoms with Crippen molar-refractivity contribution in [2.75, 3.05) is 26.7 Å². The Morgan fingerprint density at radius 3 is 2.70 bits per heavy atom. The van der Waals surface area contributed by atoms with E-state index in [2.05, 4.69) is 21.7 Å². The molecule has 0 radical (unpaired) electrons. The molecule has 0 saturated carbocycles. The van der Waals surface area contributed by atoms with E-state index in [1.54, 1.807) is 13.3 Å². The molecule has 0 amide bonds. The summed E-state index contributed by atoms with van der Waals surface area (Å²) in [6, 6.07) is 10.5. The SMILES string of the molecule is COc1ccc2nccc(C(O)CC[C@@H]3CCN(CC#Cc4cc(F)cc(F)c4)C[C@@H]3CC(=O)O)c2c1. The first-order valence-corrected chi connectivity index (χ1v) is 12.3. The van der Waals surface area contributed by atoms with Gasteiger partial charge in [-0.25, -0.2) is 8.78 Å². The number of aliphatic hydroxyl groups is 1. The number of aromatic nitrogens is 1. The Balaban J connectivity index is 1.39. The third-order valence-electron chi connectivity index (χ3n) is 6.96. The van der Waals surface area contributed by atoms with Crippen molar-refractivity contribution in [2.24, 2.45) is 11.8 Å². The molecule has 2 heterocycles. The number of benzene rings is 2. The van der Waals surface area contributed by atoms with Gasteiger partial charge < -0.3 is 14.9 Å². The Hall–Kier alpha value is -3.54. The van der Waals surface area contributed by atoms with Gasteiger partial charge in [-0.2, -0.15) is 0 Å². The Morgan fingerprint density at radius 1 is 1.19 bits per heavy atom. The van der Waals surface area contributed by atoms with Gasteiger partial charge in [-0.1, -0.05) is 11.8 Å². The van der Waals surface area contributed by atoms with Crippen LogP contribution in [0.5, 0.6) is 5.75 Å². The summed E-state index contributed by atoms with van der Waals surface area (Å²) in [5.74, 6) is 4.29. The van der Waals surface area contributed by atoms with Crippen LogP contribution >= 0.6 is 0 Å². The van der Waals surface area contributed by atoms with E-state index in [4.69, 9.17) is 4.74 Å². The maximum absolute atomic E-state index is 13.4. The van der Waals surface area contributed by atoms with Gasteiger partial charge in [-0.05, 0) is 79.6 Å². The zero-order valence-electron chi connectivity index (χ0n) is 20.7. The molecule has 3 atom stereocenters. The molecular formula is C29H30F2N2O4. The summed E-state index contributed by atoms with van der Waals surface area (Å²) >= 11 is 0. The second kappa shape index (κ2) is 12.1. The van der Waals surface area contributed by atoms with Crippen molar-refractivity contribution in [1.29, 1.82) is 0 Å². The zero-order valence-corrected chi connectivity index (χ0v) is 20.7. The molecule has 37 heavy (non-hydrogen) atoms. The monoisotopic (exact) mass is 508 g/mol. The third-order valence-corrected chi connectivity index (χ3v) is 6.96. The number of carboxylic acids is 1. The van der Waals surface area contributed by atoms with Crippen LogP contribution in [0.2, 0.25) is 0 Å². The molecule has 4 rings (SSSR count). The molecule has 8 heteroatoms. The molecule has 1 aliphatic rings. The zero-order chi connectivity index (χ0) is 26.4. The van der Waals surface area contributed by atoms with Crippen molar-refractivity contribution in [1.82, 2.24) is 9.88 Å². The largest absolute Gasteiger partial charge is 0.497 e. The Bertz CT molecular complexity index is 1300. The number of piperidine rings is 1. The number of carbonyl (C=O) groups is 1. The number of nitrogens with zero attached hydrogens (tertiary/aromatic N) is 2. The smallest absolute Gasteiger partial charge is 0.303 e. The topological polar surface area (TPSA) is 82.9 Å². The maximum atomic E-state index is 13.4. The number of ether oxygens (including phenoxy) is 1. The summed E-state index contributed by atoms with van der Waals surface area (Å²) in [6.07, 6.45) is 2.98. The van der Waals surface area contributed by atoms with Gasteiger partial charge in [-0.15, -0.1) is 0 Å². The number of hydrogen-bond donors (Lipinski definition) is 2. The number of aliphatic carboxylic acids is 1. The van der Waals surface area contributed by atoms with Gasteiger partial charge in [0.25, 0.3) is 0 Å². The highest BCUT2D eigenvalue weighted by atomic mass is 19.1. The molecule has 1 unspecified atom stereocenters. The second-order valence-electron chi connectivity index (χ2n) is 9.48. The minimum absolute atomic E-state index is 0.0369. The average Bonchev–Trinajstić information content (AvgIpc) is 2.86. The van der Waals surface area contributed by atoms with Crippen LogP contribution in [-0.4, -0.2) is 52.8 Å². The molecule has 2 N–H and O–H groups in total. The number of methoxy groups -OCH3 is 1. The Morgan fingerprint density at radius 2 is 1.97 bits per heavy atom. The fourth-order valence-corrected chi connectivity index (χ4v) is 5.11. The van der Waals surface area contributed by atoms with E-state index in [1.165, 1.54) is 12.1 Å². The lowest BCUT2D eigenvalue weighted by Crippen LogP contribution is -2.41. The van der Waals surface area contributed by atoms with Crippen molar-refractivity contribution in [3.8, 4) is 17.6 Å². The fourth-order valence-electron chi connectivity index (χ4n) is 5.11. The van der Waals surface area contributed by atoms with Gasteiger partial charge in [-0.3, -0.25) is 14.7 Å². The van der Waals surface area contributed by atoms with Crippen LogP contribution in [0.4, 0.5) is 8.78 Å². The number of aliphatic hydroxyl groups excluding tert-OH is 1. The van der Waals surface area contributed by atoms with E-state index in [-0.39, 0.29) is 23.8 Å². The summed E-state index contributed by atoms with van der Waals surface area (Å²) in [6.45, 7) is 1.68. The Kier molecular flexibility index (Phi) is 8.70. The molecule has 1 saturated heterocycles. The normalized spacial score (nSPS) is 18.7. The molecule has 6 nitrogen and oxygen atoms in total. The van der Waals surface area contributed by atoms with Crippen LogP contribution in [0.1, 0.15) is 42.9 Å². The molecule has 0 spiro atoms. The highest BCUT2D eigenvalue weighted by Gasteiger charge is 2.31. The second-order valence-corrected chi connectivity index (χ2v) is 9.48. The standard InChI is InChI=1S/C29H30F2N2O4/c1-37-24-5-6-27-26(17-24)25(8-10-32-27)28(34)7-4-20-9-12-33(18-21(20)15-29(35)36)11-2-3-19-13-22(30)16-23(31)14-19/h5-6,8,10,13-14,16-17,20-21,28,34H,4,7,9,11-12,15,18H2,1H3,(H,35,36)/t20-,21+,28?/m1/s1. The van der Waals surface area contributed by atoms with Crippen molar-refractivity contribution in [3.63, 3.8) is 0 Å². The van der Waals surface area contributed by atoms with Crippen LogP contribution in [0.15, 0.2) is 48.7 Å². The number of carboxylic acid groups (broad SMARTS) is 1. The highest BCUT2D eigenvalue weighted by molar-refractivity contribution is 5.83. The molecule has 0 bridgehead atoms. The van der Waals surface area contributed by atoms with Gasteiger partial charge in [0.2, 0.25) is 0 Å². The Labute approximate surface area is 214 Å². The minimum Gasteiger partial charge on any atom is -0.497 e. The summed E-state index contributed by atoms with van der Waals surface area (Å²) < 4.78 is 32.1. The molecule has 0 aliphatic carbocycles. The predicted molar refractivity (Wildman–Crippen MR) is 136 cm³/mol. The van der Waals surface area contributed by atoms with E-state index >= 15 is 0 Å². The predicted octanol–water partition coefficient (Wildman–Crippen LogP) is 4.80. The number of halogens is 2. The van der Waals surface area contributed by atoms with E-state index < -0.39 is 23.7 Å². The van der Waals surface area contributed by atoms with E-state index in [0.29, 0.717) is 31.7 Å². The molecule has 194 valence electrons. The summed E-state index contributed by atoms with van der Waals surface area (Å²) in [7, 11) is 1.59. The lowest BCUT2D eigenvalue weighted by molar-refractivity contribution is -0.139. The molecule has 1 aliphatic heterocycles. The number of rotatable bonds is 8. The first-order chi connectivity index (χ1) is 17.8. The molecule has 1 fully saturated rings. The van der Waals surface area contributed by atoms with Crippen molar-refractivity contribution in [3.05, 3.63) is 71.4 Å². The molecular weight excluding hydrogens is 478 g/mol. The fraction of sp³-hybridized carbons (Fsp3) is 0.379. The lowest BCUT2D eigenvalue weighted by Gasteiger charge is -2.37. The van der Waals surface area contributed by atoms with Crippen LogP contribution in [0, 0.1) is 35.3 Å². The first-order valence-electron chi connectivity index (χ1n) is 12.3. The average molecular weight is 509 g/mol. The van der Waals surface area contributed by atoms with Crippen LogP contribution in [0.3, 0.4) is 0 Å². The number of hydrogen-bond acceptors (Lipinski definition) is 5. The van der Waals surface area contributed by atoms with Gasteiger partial charge in [0, 0.05) is 36.2 Å². The van der Waals surface area contributed by atoms with Gasteiger partial charge in [0.05, 0.1) is 25.3 Å². The van der Waals surface area contributed by atoms with E-state index in [9.17, 15) is 23.8 Å². The quantitative estimate of drug-likeness (QED) is 0.426. The van der Waals surface area contributed by atoms with E-state index in [0.717, 1.165) is 35.5 Å². The minimum atomic E-state index is -0.856. The third kappa shape index (κ3) is 7.03. The first kappa shape index (κ1) is 26.5. The summed E-state index contributed by atoms with van der Waals surface area (Å²) in [4.78, 5) is 18.0. The summed E-state index contributed by atoms with van der Waals surface area (Å²) in [5, 5.41) is 21.3. The number of pyridine rings is 1. The van der Waals surface area contributed by atoms with Crippen molar-refractivity contribution in [2.45, 2.75) is 31.8 Å². The van der Waals surface area contributed by atoms with Crippen molar-refractivity contribution < 1.29 is 28.5 Å². The van der Waals surface area contributed by atoms with Gasteiger partial charge >= 0.3 is 5.97 Å². The molecule has 2 aromatic carbocycles. The lowest BCUT2D eigenvalue weighted by atomic mass is 9.79. The maximum Gasteiger partial charge on any atom is 0.303 e. The van der Waals surface area contributed by atoms with Crippen molar-refractivity contribution >= 4 is 16.9 Å². The van der Waals surface area contributed by atoms with Gasteiger partial charge in [0.1, 0.15) is 17.4 Å². The van der Waals surface area contributed by atoms with Crippen LogP contribution in [-0.2, 0) is 4.79 Å². The molecule has 3 aromatic rings. The van der Waals surface area contributed by atoms with Crippen LogP contribution in [0.25, 0.3) is 10.9 Å². The molecule has 1 aromatic heterocycles. The summed E-state index contributed by atoms with van der Waals surface area (Å²) in [5.41, 5.74) is 1.82.